The zero-order valence-electron chi connectivity index (χ0n) is 11.1. The summed E-state index contributed by atoms with van der Waals surface area (Å²) in [5.41, 5.74) is 1.16. The lowest BCUT2D eigenvalue weighted by Crippen LogP contribution is -2.04. The van der Waals surface area contributed by atoms with Crippen molar-refractivity contribution in [3.63, 3.8) is 0 Å². The first-order chi connectivity index (χ1) is 9.31. The number of ether oxygens (including phenoxy) is 2. The maximum atomic E-state index is 5.12. The average molecular weight is 259 g/mol. The molecule has 0 atom stereocenters. The third-order valence-electron chi connectivity index (χ3n) is 2.61. The third kappa shape index (κ3) is 3.93. The van der Waals surface area contributed by atoms with Crippen molar-refractivity contribution in [1.82, 2.24) is 9.97 Å². The molecule has 19 heavy (non-hydrogen) atoms. The Labute approximate surface area is 112 Å². The molecule has 100 valence electrons. The fraction of sp³-hybridized carbons (Fsp3) is 0.286. The Morgan fingerprint density at radius 3 is 2.58 bits per heavy atom. The Kier molecular flexibility index (Phi) is 4.69. The molecule has 0 amide bonds. The van der Waals surface area contributed by atoms with Crippen molar-refractivity contribution in [2.24, 2.45) is 0 Å². The minimum Gasteiger partial charge on any atom is -0.497 e. The second-order valence-electron chi connectivity index (χ2n) is 3.99. The summed E-state index contributed by atoms with van der Waals surface area (Å²) in [7, 11) is 3.28. The largest absolute Gasteiger partial charge is 0.497 e. The van der Waals surface area contributed by atoms with Crippen LogP contribution >= 0.6 is 0 Å². The number of nitrogens with zero attached hydrogens (tertiary/aromatic N) is 2. The molecule has 0 aliphatic rings. The Hall–Kier alpha value is -2.14. The molecule has 0 fully saturated rings. The van der Waals surface area contributed by atoms with Gasteiger partial charge in [0.1, 0.15) is 18.2 Å². The van der Waals surface area contributed by atoms with Gasteiger partial charge in [0.25, 0.3) is 0 Å². The van der Waals surface area contributed by atoms with Crippen LogP contribution in [0.4, 0.5) is 5.82 Å². The summed E-state index contributed by atoms with van der Waals surface area (Å²) >= 11 is 0. The second kappa shape index (κ2) is 6.70. The number of hydrogen-bond donors (Lipinski definition) is 1. The highest BCUT2D eigenvalue weighted by atomic mass is 16.5. The second-order valence-corrected chi connectivity index (χ2v) is 3.99. The van der Waals surface area contributed by atoms with E-state index in [9.17, 15) is 0 Å². The van der Waals surface area contributed by atoms with Crippen molar-refractivity contribution in [3.05, 3.63) is 47.9 Å². The van der Waals surface area contributed by atoms with Crippen LogP contribution in [0.25, 0.3) is 0 Å². The Balaban J connectivity index is 1.95. The molecule has 0 spiro atoms. The standard InChI is InChI=1S/C14H17N3O2/c1-18-10-14-15-8-7-13(17-14)16-9-11-3-5-12(19-2)6-4-11/h3-8H,9-10H2,1-2H3,(H,15,16,17). The van der Waals surface area contributed by atoms with Crippen molar-refractivity contribution in [2.75, 3.05) is 19.5 Å². The molecule has 2 aromatic rings. The molecule has 0 saturated carbocycles. The quantitative estimate of drug-likeness (QED) is 0.862. The van der Waals surface area contributed by atoms with Crippen LogP contribution in [0.1, 0.15) is 11.4 Å². The van der Waals surface area contributed by atoms with E-state index in [1.165, 1.54) is 0 Å². The van der Waals surface area contributed by atoms with Crippen molar-refractivity contribution in [2.45, 2.75) is 13.2 Å². The molecule has 1 aromatic heterocycles. The smallest absolute Gasteiger partial charge is 0.156 e. The van der Waals surface area contributed by atoms with Crippen LogP contribution in [0.3, 0.4) is 0 Å². The first kappa shape index (κ1) is 13.3. The van der Waals surface area contributed by atoms with Crippen LogP contribution in [-0.2, 0) is 17.9 Å². The zero-order chi connectivity index (χ0) is 13.5. The van der Waals surface area contributed by atoms with E-state index in [0.29, 0.717) is 19.0 Å². The monoisotopic (exact) mass is 259 g/mol. The fourth-order valence-corrected chi connectivity index (χ4v) is 1.63. The molecule has 1 heterocycles. The van der Waals surface area contributed by atoms with Crippen LogP contribution in [0.2, 0.25) is 0 Å². The highest BCUT2D eigenvalue weighted by Gasteiger charge is 1.99. The topological polar surface area (TPSA) is 56.3 Å². The van der Waals surface area contributed by atoms with Crippen LogP contribution in [0.5, 0.6) is 5.75 Å². The Morgan fingerprint density at radius 1 is 1.11 bits per heavy atom. The lowest BCUT2D eigenvalue weighted by Gasteiger charge is -2.07. The number of rotatable bonds is 6. The van der Waals surface area contributed by atoms with E-state index < -0.39 is 0 Å². The van der Waals surface area contributed by atoms with Gasteiger partial charge in [0, 0.05) is 19.9 Å². The van der Waals surface area contributed by atoms with Crippen molar-refractivity contribution >= 4 is 5.82 Å². The summed E-state index contributed by atoms with van der Waals surface area (Å²) in [5.74, 6) is 2.31. The number of hydrogen-bond acceptors (Lipinski definition) is 5. The first-order valence-corrected chi connectivity index (χ1v) is 5.99. The molecular weight excluding hydrogens is 242 g/mol. The van der Waals surface area contributed by atoms with Gasteiger partial charge in [-0.05, 0) is 23.8 Å². The maximum Gasteiger partial charge on any atom is 0.156 e. The van der Waals surface area contributed by atoms with Gasteiger partial charge in [-0.15, -0.1) is 0 Å². The first-order valence-electron chi connectivity index (χ1n) is 5.99. The normalized spacial score (nSPS) is 10.2. The molecule has 0 aliphatic heterocycles. The van der Waals surface area contributed by atoms with Gasteiger partial charge >= 0.3 is 0 Å². The summed E-state index contributed by atoms with van der Waals surface area (Å²) in [5, 5.41) is 3.25. The molecule has 5 heteroatoms. The SMILES string of the molecule is COCc1nccc(NCc2ccc(OC)cc2)n1. The molecular formula is C14H17N3O2. The van der Waals surface area contributed by atoms with Crippen molar-refractivity contribution in [1.29, 1.82) is 0 Å². The van der Waals surface area contributed by atoms with Crippen LogP contribution in [0.15, 0.2) is 36.5 Å². The van der Waals surface area contributed by atoms with Crippen LogP contribution < -0.4 is 10.1 Å². The number of aromatic nitrogens is 2. The van der Waals surface area contributed by atoms with Gasteiger partial charge in [-0.1, -0.05) is 12.1 Å². The summed E-state index contributed by atoms with van der Waals surface area (Å²) in [6.07, 6.45) is 1.72. The van der Waals surface area contributed by atoms with Crippen LogP contribution in [0, 0.1) is 0 Å². The third-order valence-corrected chi connectivity index (χ3v) is 2.61. The van der Waals surface area contributed by atoms with Crippen LogP contribution in [-0.4, -0.2) is 24.2 Å². The maximum absolute atomic E-state index is 5.12. The summed E-state index contributed by atoms with van der Waals surface area (Å²) in [6.45, 7) is 1.12. The molecule has 0 saturated heterocycles. The van der Waals surface area contributed by atoms with Gasteiger partial charge in [0.05, 0.1) is 7.11 Å². The summed E-state index contributed by atoms with van der Waals surface area (Å²) in [4.78, 5) is 8.45. The molecule has 0 aliphatic carbocycles. The van der Waals surface area contributed by atoms with E-state index in [2.05, 4.69) is 15.3 Å². The average Bonchev–Trinajstić information content (AvgIpc) is 2.46. The lowest BCUT2D eigenvalue weighted by atomic mass is 10.2. The van der Waals surface area contributed by atoms with Gasteiger partial charge in [0.15, 0.2) is 5.82 Å². The molecule has 1 aromatic carbocycles. The van der Waals surface area contributed by atoms with Gasteiger partial charge in [-0.2, -0.15) is 0 Å². The van der Waals surface area contributed by atoms with Crippen molar-refractivity contribution < 1.29 is 9.47 Å². The molecule has 0 bridgehead atoms. The predicted molar refractivity (Wildman–Crippen MR) is 73.1 cm³/mol. The van der Waals surface area contributed by atoms with E-state index in [4.69, 9.17) is 9.47 Å². The molecule has 2 rings (SSSR count). The van der Waals surface area contributed by atoms with E-state index in [0.717, 1.165) is 17.1 Å². The lowest BCUT2D eigenvalue weighted by molar-refractivity contribution is 0.178. The molecule has 0 radical (unpaired) electrons. The highest BCUT2D eigenvalue weighted by molar-refractivity contribution is 5.35. The van der Waals surface area contributed by atoms with Gasteiger partial charge in [-0.25, -0.2) is 9.97 Å². The van der Waals surface area contributed by atoms with E-state index in [1.54, 1.807) is 20.4 Å². The number of benzene rings is 1. The predicted octanol–water partition coefficient (Wildman–Crippen LogP) is 2.24. The fourth-order valence-electron chi connectivity index (χ4n) is 1.63. The molecule has 0 unspecified atom stereocenters. The molecule has 1 N–H and O–H groups in total. The van der Waals surface area contributed by atoms with E-state index in [-0.39, 0.29) is 0 Å². The number of anilines is 1. The van der Waals surface area contributed by atoms with Gasteiger partial charge in [-0.3, -0.25) is 0 Å². The highest BCUT2D eigenvalue weighted by Crippen LogP contribution is 2.12. The minimum absolute atomic E-state index is 0.415. The van der Waals surface area contributed by atoms with Gasteiger partial charge in [0.2, 0.25) is 0 Å². The number of nitrogens with one attached hydrogen (secondary N) is 1. The Morgan fingerprint density at radius 2 is 1.89 bits per heavy atom. The Bertz CT molecular complexity index is 514. The zero-order valence-corrected chi connectivity index (χ0v) is 11.1. The summed E-state index contributed by atoms with van der Waals surface area (Å²) in [6, 6.07) is 9.75. The summed E-state index contributed by atoms with van der Waals surface area (Å²) < 4.78 is 10.1. The minimum atomic E-state index is 0.415. The van der Waals surface area contributed by atoms with Crippen molar-refractivity contribution in [3.8, 4) is 5.75 Å². The van der Waals surface area contributed by atoms with Gasteiger partial charge < -0.3 is 14.8 Å². The van der Waals surface area contributed by atoms with E-state index >= 15 is 0 Å². The molecule has 5 nitrogen and oxygen atoms in total. The number of methoxy groups -OCH3 is 2. The van der Waals surface area contributed by atoms with E-state index in [1.807, 2.05) is 30.3 Å².